The van der Waals surface area contributed by atoms with Gasteiger partial charge in [-0.3, -0.25) is 0 Å². The minimum atomic E-state index is 0.744. The zero-order valence-corrected chi connectivity index (χ0v) is 9.26. The van der Waals surface area contributed by atoms with E-state index in [1.54, 1.807) is 0 Å². The molecule has 84 valence electrons. The smallest absolute Gasteiger partial charge is 0.0495 e. The summed E-state index contributed by atoms with van der Waals surface area (Å²) in [7, 11) is 1.99. The van der Waals surface area contributed by atoms with Crippen molar-refractivity contribution in [1.29, 1.82) is 0 Å². The molecule has 1 heterocycles. The number of hydrogen-bond acceptors (Lipinski definition) is 3. The highest BCUT2D eigenvalue weighted by Crippen LogP contribution is 2.14. The van der Waals surface area contributed by atoms with Gasteiger partial charge in [-0.05, 0) is 45.2 Å². The Morgan fingerprint density at radius 2 is 2.07 bits per heavy atom. The van der Waals surface area contributed by atoms with Crippen molar-refractivity contribution in [3.05, 3.63) is 0 Å². The quantitative estimate of drug-likeness (QED) is 0.632. The molecular formula is C11H23NO2. The normalized spacial score (nSPS) is 18.6. The number of ether oxygens (including phenoxy) is 2. The Labute approximate surface area is 87.2 Å². The van der Waals surface area contributed by atoms with Gasteiger partial charge in [-0.25, -0.2) is 0 Å². The number of hydrogen-bond donors (Lipinski definition) is 1. The SMILES string of the molecule is CNCCCCOCC1CCOCC1. The fourth-order valence-corrected chi connectivity index (χ4v) is 1.67. The van der Waals surface area contributed by atoms with Gasteiger partial charge in [0.25, 0.3) is 0 Å². The first-order valence-corrected chi connectivity index (χ1v) is 5.73. The highest BCUT2D eigenvalue weighted by molar-refractivity contribution is 4.62. The lowest BCUT2D eigenvalue weighted by Crippen LogP contribution is -2.20. The van der Waals surface area contributed by atoms with Crippen LogP contribution in [0.3, 0.4) is 0 Å². The van der Waals surface area contributed by atoms with E-state index in [4.69, 9.17) is 9.47 Å². The van der Waals surface area contributed by atoms with Crippen LogP contribution in [0, 0.1) is 5.92 Å². The summed E-state index contributed by atoms with van der Waals surface area (Å²) in [6.45, 7) is 4.80. The van der Waals surface area contributed by atoms with Crippen molar-refractivity contribution in [3.63, 3.8) is 0 Å². The molecule has 1 N–H and O–H groups in total. The molecule has 0 aromatic heterocycles. The largest absolute Gasteiger partial charge is 0.381 e. The average Bonchev–Trinajstić information content (AvgIpc) is 2.25. The molecule has 0 unspecified atom stereocenters. The molecule has 0 radical (unpaired) electrons. The Balaban J connectivity index is 1.82. The van der Waals surface area contributed by atoms with Gasteiger partial charge in [0.05, 0.1) is 0 Å². The Hall–Kier alpha value is -0.120. The van der Waals surface area contributed by atoms with E-state index >= 15 is 0 Å². The molecule has 1 rings (SSSR count). The van der Waals surface area contributed by atoms with Crippen molar-refractivity contribution >= 4 is 0 Å². The van der Waals surface area contributed by atoms with Gasteiger partial charge in [0.15, 0.2) is 0 Å². The van der Waals surface area contributed by atoms with E-state index < -0.39 is 0 Å². The summed E-state index contributed by atoms with van der Waals surface area (Å²) < 4.78 is 10.9. The van der Waals surface area contributed by atoms with Gasteiger partial charge in [-0.1, -0.05) is 0 Å². The molecule has 0 atom stereocenters. The van der Waals surface area contributed by atoms with Crippen LogP contribution in [-0.4, -0.2) is 40.0 Å². The third-order valence-electron chi connectivity index (χ3n) is 2.66. The fourth-order valence-electron chi connectivity index (χ4n) is 1.67. The van der Waals surface area contributed by atoms with Crippen molar-refractivity contribution in [3.8, 4) is 0 Å². The second kappa shape index (κ2) is 8.21. The molecule has 0 aliphatic carbocycles. The Kier molecular flexibility index (Phi) is 7.01. The molecule has 3 nitrogen and oxygen atoms in total. The third-order valence-corrected chi connectivity index (χ3v) is 2.66. The van der Waals surface area contributed by atoms with Crippen LogP contribution < -0.4 is 5.32 Å². The van der Waals surface area contributed by atoms with Crippen LogP contribution in [-0.2, 0) is 9.47 Å². The van der Waals surface area contributed by atoms with E-state index in [1.807, 2.05) is 7.05 Å². The molecule has 0 aromatic rings. The summed E-state index contributed by atoms with van der Waals surface area (Å²) in [5.74, 6) is 0.744. The highest BCUT2D eigenvalue weighted by Gasteiger charge is 2.13. The zero-order valence-electron chi connectivity index (χ0n) is 9.26. The second-order valence-electron chi connectivity index (χ2n) is 3.94. The maximum atomic E-state index is 5.64. The summed E-state index contributed by atoms with van der Waals surface area (Å²) >= 11 is 0. The van der Waals surface area contributed by atoms with Crippen LogP contribution in [0.15, 0.2) is 0 Å². The van der Waals surface area contributed by atoms with Gasteiger partial charge >= 0.3 is 0 Å². The van der Waals surface area contributed by atoms with E-state index in [0.717, 1.165) is 38.9 Å². The Morgan fingerprint density at radius 3 is 2.79 bits per heavy atom. The van der Waals surface area contributed by atoms with Gasteiger partial charge < -0.3 is 14.8 Å². The number of unbranched alkanes of at least 4 members (excludes halogenated alkanes) is 1. The molecule has 0 spiro atoms. The molecule has 3 heteroatoms. The van der Waals surface area contributed by atoms with Crippen LogP contribution in [0.25, 0.3) is 0 Å². The van der Waals surface area contributed by atoms with E-state index in [1.165, 1.54) is 25.7 Å². The molecule has 1 aliphatic heterocycles. The summed E-state index contributed by atoms with van der Waals surface area (Å²) in [6.07, 6.45) is 4.74. The van der Waals surface area contributed by atoms with Crippen molar-refractivity contribution in [2.45, 2.75) is 25.7 Å². The molecule has 0 amide bonds. The van der Waals surface area contributed by atoms with E-state index in [-0.39, 0.29) is 0 Å². The predicted molar refractivity (Wildman–Crippen MR) is 57.5 cm³/mol. The van der Waals surface area contributed by atoms with Crippen molar-refractivity contribution in [2.24, 2.45) is 5.92 Å². The monoisotopic (exact) mass is 201 g/mol. The minimum absolute atomic E-state index is 0.744. The van der Waals surface area contributed by atoms with E-state index in [2.05, 4.69) is 5.32 Å². The molecule has 14 heavy (non-hydrogen) atoms. The maximum Gasteiger partial charge on any atom is 0.0495 e. The van der Waals surface area contributed by atoms with Gasteiger partial charge in [0.2, 0.25) is 0 Å². The van der Waals surface area contributed by atoms with E-state index in [0.29, 0.717) is 0 Å². The molecule has 1 aliphatic rings. The Bertz CT molecular complexity index is 124. The first-order valence-electron chi connectivity index (χ1n) is 5.73. The Morgan fingerprint density at radius 1 is 1.29 bits per heavy atom. The van der Waals surface area contributed by atoms with Crippen LogP contribution in [0.5, 0.6) is 0 Å². The fraction of sp³-hybridized carbons (Fsp3) is 1.00. The van der Waals surface area contributed by atoms with Gasteiger partial charge in [0, 0.05) is 26.4 Å². The third kappa shape index (κ3) is 5.58. The van der Waals surface area contributed by atoms with Crippen LogP contribution in [0.4, 0.5) is 0 Å². The first kappa shape index (κ1) is 12.0. The molecule has 0 saturated carbocycles. The number of rotatable bonds is 7. The molecule has 0 bridgehead atoms. The zero-order chi connectivity index (χ0) is 10.1. The summed E-state index contributed by atoms with van der Waals surface area (Å²) in [6, 6.07) is 0. The lowest BCUT2D eigenvalue weighted by Gasteiger charge is -2.21. The molecule has 0 aromatic carbocycles. The average molecular weight is 201 g/mol. The molecular weight excluding hydrogens is 178 g/mol. The number of nitrogens with one attached hydrogen (secondary N) is 1. The molecule has 1 saturated heterocycles. The van der Waals surface area contributed by atoms with Crippen molar-refractivity contribution in [1.82, 2.24) is 5.32 Å². The lowest BCUT2D eigenvalue weighted by molar-refractivity contribution is 0.0199. The van der Waals surface area contributed by atoms with Crippen molar-refractivity contribution < 1.29 is 9.47 Å². The minimum Gasteiger partial charge on any atom is -0.381 e. The maximum absolute atomic E-state index is 5.64. The first-order chi connectivity index (χ1) is 6.93. The van der Waals surface area contributed by atoms with Gasteiger partial charge in [0.1, 0.15) is 0 Å². The van der Waals surface area contributed by atoms with Gasteiger partial charge in [-0.2, -0.15) is 0 Å². The van der Waals surface area contributed by atoms with Crippen LogP contribution in [0.1, 0.15) is 25.7 Å². The highest BCUT2D eigenvalue weighted by atomic mass is 16.5. The molecule has 1 fully saturated rings. The summed E-state index contributed by atoms with van der Waals surface area (Å²) in [5.41, 5.74) is 0. The van der Waals surface area contributed by atoms with Gasteiger partial charge in [-0.15, -0.1) is 0 Å². The van der Waals surface area contributed by atoms with Crippen LogP contribution >= 0.6 is 0 Å². The predicted octanol–water partition coefficient (Wildman–Crippen LogP) is 1.43. The van der Waals surface area contributed by atoms with Crippen LogP contribution in [0.2, 0.25) is 0 Å². The van der Waals surface area contributed by atoms with Crippen molar-refractivity contribution in [2.75, 3.05) is 40.0 Å². The second-order valence-corrected chi connectivity index (χ2v) is 3.94. The summed E-state index contributed by atoms with van der Waals surface area (Å²) in [5, 5.41) is 3.14. The summed E-state index contributed by atoms with van der Waals surface area (Å²) in [4.78, 5) is 0. The lowest BCUT2D eigenvalue weighted by atomic mass is 10.0. The standard InChI is InChI=1S/C11H23NO2/c1-12-6-2-3-7-14-10-11-4-8-13-9-5-11/h11-12H,2-10H2,1H3. The van der Waals surface area contributed by atoms with E-state index in [9.17, 15) is 0 Å². The topological polar surface area (TPSA) is 30.5 Å².